The summed E-state index contributed by atoms with van der Waals surface area (Å²) in [6.45, 7) is 0. The minimum absolute atomic E-state index is 0.0938. The summed E-state index contributed by atoms with van der Waals surface area (Å²) in [5, 5.41) is 4.77. The summed E-state index contributed by atoms with van der Waals surface area (Å²) in [5.41, 5.74) is -0.251. The van der Waals surface area contributed by atoms with Crippen LogP contribution in [0.3, 0.4) is 0 Å². The van der Waals surface area contributed by atoms with E-state index in [-0.39, 0.29) is 11.6 Å². The van der Waals surface area contributed by atoms with Gasteiger partial charge in [-0.2, -0.15) is 0 Å². The molecule has 0 spiro atoms. The molecule has 0 aliphatic heterocycles. The van der Waals surface area contributed by atoms with Crippen LogP contribution in [0.2, 0.25) is 0 Å². The maximum atomic E-state index is 13.9. The van der Waals surface area contributed by atoms with Crippen LogP contribution >= 0.6 is 27.3 Å². The number of rotatable bonds is 3. The smallest absolute Gasteiger partial charge is 0.235 e. The van der Waals surface area contributed by atoms with Crippen LogP contribution in [0, 0.1) is 5.82 Å². The van der Waals surface area contributed by atoms with Crippen molar-refractivity contribution < 1.29 is 9.18 Å². The van der Waals surface area contributed by atoms with Gasteiger partial charge in [-0.05, 0) is 42.5 Å². The van der Waals surface area contributed by atoms with Gasteiger partial charge >= 0.3 is 0 Å². The molecule has 1 aliphatic rings. The molecule has 1 aromatic carbocycles. The summed E-state index contributed by atoms with van der Waals surface area (Å²) in [7, 11) is 0. The third kappa shape index (κ3) is 2.77. The Balaban J connectivity index is 1.89. The number of halogens is 2. The van der Waals surface area contributed by atoms with E-state index in [4.69, 9.17) is 0 Å². The van der Waals surface area contributed by atoms with Gasteiger partial charge in [0.05, 0.1) is 11.1 Å². The summed E-state index contributed by atoms with van der Waals surface area (Å²) in [5.74, 6) is -0.513. The van der Waals surface area contributed by atoms with Crippen molar-refractivity contribution in [1.29, 1.82) is 0 Å². The average molecular weight is 368 g/mol. The quantitative estimate of drug-likeness (QED) is 0.802. The largest absolute Gasteiger partial charge is 0.323 e. The van der Waals surface area contributed by atoms with Crippen molar-refractivity contribution in [2.75, 3.05) is 5.32 Å². The topological polar surface area (TPSA) is 29.1 Å². The van der Waals surface area contributed by atoms with E-state index in [9.17, 15) is 9.18 Å². The third-order valence-corrected chi connectivity index (χ3v) is 5.63. The van der Waals surface area contributed by atoms with Crippen molar-refractivity contribution in [3.8, 4) is 0 Å². The lowest BCUT2D eigenvalue weighted by Gasteiger charge is -2.26. The van der Waals surface area contributed by atoms with Crippen LogP contribution in [0.1, 0.15) is 30.6 Å². The Kier molecular flexibility index (Phi) is 4.13. The molecule has 2 aromatic rings. The Morgan fingerprint density at radius 2 is 2.05 bits per heavy atom. The second-order valence-corrected chi connectivity index (χ2v) is 7.21. The number of nitrogens with one attached hydrogen (secondary N) is 1. The zero-order chi connectivity index (χ0) is 14.9. The van der Waals surface area contributed by atoms with Crippen molar-refractivity contribution in [3.63, 3.8) is 0 Å². The number of benzene rings is 1. The van der Waals surface area contributed by atoms with Gasteiger partial charge in [0.25, 0.3) is 0 Å². The number of hydrogen-bond donors (Lipinski definition) is 1. The van der Waals surface area contributed by atoms with E-state index in [1.54, 1.807) is 23.5 Å². The maximum absolute atomic E-state index is 13.9. The zero-order valence-electron chi connectivity index (χ0n) is 11.4. The summed E-state index contributed by atoms with van der Waals surface area (Å²) in [6, 6.07) is 8.66. The Bertz CT molecular complexity index is 650. The van der Waals surface area contributed by atoms with E-state index in [2.05, 4.69) is 21.2 Å². The first-order valence-electron chi connectivity index (χ1n) is 6.92. The highest BCUT2D eigenvalue weighted by molar-refractivity contribution is 9.10. The molecule has 0 saturated heterocycles. The van der Waals surface area contributed by atoms with Crippen molar-refractivity contribution in [3.05, 3.63) is 50.9 Å². The summed E-state index contributed by atoms with van der Waals surface area (Å²) in [4.78, 5) is 13.9. The number of thiophene rings is 1. The molecule has 1 aromatic heterocycles. The molecule has 2 nitrogen and oxygen atoms in total. The molecule has 1 fully saturated rings. The number of hydrogen-bond acceptors (Lipinski definition) is 2. The molecule has 0 unspecified atom stereocenters. The van der Waals surface area contributed by atoms with Crippen molar-refractivity contribution in [1.82, 2.24) is 0 Å². The van der Waals surface area contributed by atoms with E-state index in [0.29, 0.717) is 4.47 Å². The highest BCUT2D eigenvalue weighted by atomic mass is 79.9. The normalized spacial score (nSPS) is 16.9. The molecule has 0 atom stereocenters. The summed E-state index contributed by atoms with van der Waals surface area (Å²) >= 11 is 4.82. The number of carbonyl (C=O) groups is 1. The molecule has 1 aliphatic carbocycles. The van der Waals surface area contributed by atoms with Crippen LogP contribution < -0.4 is 5.32 Å². The van der Waals surface area contributed by atoms with Crippen LogP contribution in [0.5, 0.6) is 0 Å². The lowest BCUT2D eigenvalue weighted by atomic mass is 9.83. The Morgan fingerprint density at radius 1 is 1.29 bits per heavy atom. The molecule has 1 saturated carbocycles. The summed E-state index contributed by atoms with van der Waals surface area (Å²) in [6.07, 6.45) is 3.73. The van der Waals surface area contributed by atoms with Crippen LogP contribution in [0.4, 0.5) is 10.1 Å². The predicted octanol–water partition coefficient (Wildman–Crippen LogP) is 5.10. The zero-order valence-corrected chi connectivity index (χ0v) is 13.8. The molecule has 1 heterocycles. The van der Waals surface area contributed by atoms with Crippen molar-refractivity contribution >= 4 is 38.9 Å². The molecule has 3 rings (SSSR count). The highest BCUT2D eigenvalue weighted by Gasteiger charge is 2.43. The van der Waals surface area contributed by atoms with Gasteiger partial charge in [-0.25, -0.2) is 4.39 Å². The first-order valence-corrected chi connectivity index (χ1v) is 8.60. The molecular weight excluding hydrogens is 353 g/mol. The van der Waals surface area contributed by atoms with E-state index >= 15 is 0 Å². The second kappa shape index (κ2) is 5.89. The molecular formula is C16H15BrFNOS. The monoisotopic (exact) mass is 367 g/mol. The van der Waals surface area contributed by atoms with E-state index < -0.39 is 11.2 Å². The third-order valence-electron chi connectivity index (χ3n) is 4.06. The van der Waals surface area contributed by atoms with Crippen molar-refractivity contribution in [2.24, 2.45) is 0 Å². The predicted molar refractivity (Wildman–Crippen MR) is 87.2 cm³/mol. The van der Waals surface area contributed by atoms with E-state index in [1.165, 1.54) is 6.07 Å². The highest BCUT2D eigenvalue weighted by Crippen LogP contribution is 2.44. The lowest BCUT2D eigenvalue weighted by Crippen LogP contribution is -2.37. The first kappa shape index (κ1) is 14.7. The number of amides is 1. The van der Waals surface area contributed by atoms with E-state index in [1.807, 2.05) is 17.5 Å². The van der Waals surface area contributed by atoms with Gasteiger partial charge in [0, 0.05) is 9.35 Å². The Hall–Kier alpha value is -1.20. The SMILES string of the molecule is O=C(Nc1ccc(Br)cc1F)C1(c2cccs2)CCCC1. The molecule has 0 bridgehead atoms. The van der Waals surface area contributed by atoms with Gasteiger partial charge in [-0.1, -0.05) is 34.8 Å². The fraction of sp³-hybridized carbons (Fsp3) is 0.312. The van der Waals surface area contributed by atoms with Gasteiger partial charge in [-0.15, -0.1) is 11.3 Å². The second-order valence-electron chi connectivity index (χ2n) is 5.34. The van der Waals surface area contributed by atoms with Gasteiger partial charge in [-0.3, -0.25) is 4.79 Å². The lowest BCUT2D eigenvalue weighted by molar-refractivity contribution is -0.121. The Morgan fingerprint density at radius 3 is 2.67 bits per heavy atom. The fourth-order valence-electron chi connectivity index (χ4n) is 2.95. The fourth-order valence-corrected chi connectivity index (χ4v) is 4.26. The van der Waals surface area contributed by atoms with Gasteiger partial charge in [0.15, 0.2) is 0 Å². The van der Waals surface area contributed by atoms with Crippen LogP contribution in [0.15, 0.2) is 40.2 Å². The van der Waals surface area contributed by atoms with Gasteiger partial charge in [0.1, 0.15) is 5.82 Å². The molecule has 1 N–H and O–H groups in total. The van der Waals surface area contributed by atoms with Gasteiger partial charge in [0.2, 0.25) is 5.91 Å². The van der Waals surface area contributed by atoms with Crippen molar-refractivity contribution in [2.45, 2.75) is 31.1 Å². The minimum atomic E-state index is -0.492. The first-order chi connectivity index (χ1) is 10.1. The molecule has 5 heteroatoms. The summed E-state index contributed by atoms with van der Waals surface area (Å²) < 4.78 is 14.6. The standard InChI is InChI=1S/C16H15BrFNOS/c17-11-5-6-13(12(18)10-11)19-15(20)16(7-1-2-8-16)14-4-3-9-21-14/h3-6,9-10H,1-2,7-8H2,(H,19,20). The molecule has 110 valence electrons. The Labute approximate surface area is 135 Å². The number of anilines is 1. The maximum Gasteiger partial charge on any atom is 0.235 e. The van der Waals surface area contributed by atoms with Crippen LogP contribution in [-0.4, -0.2) is 5.91 Å². The molecule has 21 heavy (non-hydrogen) atoms. The number of carbonyl (C=O) groups excluding carboxylic acids is 1. The molecule has 0 radical (unpaired) electrons. The van der Waals surface area contributed by atoms with Crippen LogP contribution in [0.25, 0.3) is 0 Å². The molecule has 1 amide bonds. The average Bonchev–Trinajstić information content (AvgIpc) is 3.11. The minimum Gasteiger partial charge on any atom is -0.323 e. The van der Waals surface area contributed by atoms with E-state index in [0.717, 1.165) is 30.6 Å². The van der Waals surface area contributed by atoms with Gasteiger partial charge < -0.3 is 5.32 Å². The van der Waals surface area contributed by atoms with Crippen LogP contribution in [-0.2, 0) is 10.2 Å².